The predicted molar refractivity (Wildman–Crippen MR) is 177 cm³/mol. The molecule has 45 heavy (non-hydrogen) atoms. The minimum Gasteiger partial charge on any atom is -0.480 e. The van der Waals surface area contributed by atoms with Crippen molar-refractivity contribution < 1.29 is 9.53 Å². The van der Waals surface area contributed by atoms with Gasteiger partial charge in [0.1, 0.15) is 17.2 Å². The number of hydrogen-bond donors (Lipinski definition) is 0. The Kier molecular flexibility index (Phi) is 6.24. The topological polar surface area (TPSA) is 92.0 Å². The molecule has 3 heterocycles. The summed E-state index contributed by atoms with van der Waals surface area (Å²) in [5.41, 5.74) is 8.43. The molecule has 9 heteroatoms. The van der Waals surface area contributed by atoms with Crippen LogP contribution >= 0.6 is 27.5 Å². The summed E-state index contributed by atoms with van der Waals surface area (Å²) in [6.07, 6.45) is 0.297. The monoisotopic (exact) mass is 669 g/mol. The van der Waals surface area contributed by atoms with Crippen molar-refractivity contribution in [1.29, 1.82) is 5.26 Å². The zero-order valence-electron chi connectivity index (χ0n) is 23.8. The van der Waals surface area contributed by atoms with E-state index in [1.54, 1.807) is 12.1 Å². The number of aromatic nitrogens is 3. The summed E-state index contributed by atoms with van der Waals surface area (Å²) < 4.78 is 6.44. The summed E-state index contributed by atoms with van der Waals surface area (Å²) in [4.78, 5) is 30.1. The molecule has 1 saturated heterocycles. The zero-order valence-corrected chi connectivity index (χ0v) is 26.1. The number of benzene rings is 4. The van der Waals surface area contributed by atoms with E-state index in [1.165, 1.54) is 7.11 Å². The third kappa shape index (κ3) is 4.08. The van der Waals surface area contributed by atoms with Crippen LogP contribution < -0.4 is 9.64 Å². The SMILES string of the molecule is COc1nc(-c2ccc(N3C(=O)CC34c3ccccc3-c3nc5ccc(Br)cc5nc34)cc2)cc(-c2ccc(Cl)cc2)c1C#N. The second-order valence-electron chi connectivity index (χ2n) is 11.0. The number of pyridine rings is 1. The molecule has 1 atom stereocenters. The van der Waals surface area contributed by atoms with Gasteiger partial charge in [0, 0.05) is 31.9 Å². The maximum Gasteiger partial charge on any atom is 0.232 e. The third-order valence-corrected chi connectivity index (χ3v) is 9.30. The number of amides is 1. The van der Waals surface area contributed by atoms with Gasteiger partial charge in [-0.25, -0.2) is 15.0 Å². The molecule has 1 spiro atoms. The van der Waals surface area contributed by atoms with Gasteiger partial charge in [-0.2, -0.15) is 5.26 Å². The Labute approximate surface area is 271 Å². The third-order valence-electron chi connectivity index (χ3n) is 8.55. The summed E-state index contributed by atoms with van der Waals surface area (Å²) in [6.45, 7) is 0. The Morgan fingerprint density at radius 3 is 2.38 bits per heavy atom. The van der Waals surface area contributed by atoms with Crippen LogP contribution in [0.2, 0.25) is 5.02 Å². The molecule has 1 amide bonds. The number of methoxy groups -OCH3 is 1. The number of β-lactam (4-membered cyclic amide) rings is 1. The van der Waals surface area contributed by atoms with Gasteiger partial charge in [0.15, 0.2) is 0 Å². The summed E-state index contributed by atoms with van der Waals surface area (Å²) in [5.74, 6) is 0.238. The number of ether oxygens (including phenoxy) is 1. The van der Waals surface area contributed by atoms with Gasteiger partial charge in [-0.1, -0.05) is 76.1 Å². The molecule has 1 aliphatic heterocycles. The van der Waals surface area contributed by atoms with Gasteiger partial charge in [-0.3, -0.25) is 9.69 Å². The fourth-order valence-electron chi connectivity index (χ4n) is 6.51. The summed E-state index contributed by atoms with van der Waals surface area (Å²) in [7, 11) is 1.50. The lowest BCUT2D eigenvalue weighted by Gasteiger charge is -2.50. The first-order chi connectivity index (χ1) is 21.9. The molecule has 1 aliphatic carbocycles. The van der Waals surface area contributed by atoms with Crippen molar-refractivity contribution >= 4 is 50.2 Å². The Morgan fingerprint density at radius 2 is 1.64 bits per heavy atom. The van der Waals surface area contributed by atoms with Crippen molar-refractivity contribution in [1.82, 2.24) is 15.0 Å². The molecule has 1 fully saturated rings. The first-order valence-corrected chi connectivity index (χ1v) is 15.3. The highest BCUT2D eigenvalue weighted by atomic mass is 79.9. The molecule has 4 aromatic carbocycles. The molecule has 2 aromatic heterocycles. The van der Waals surface area contributed by atoms with E-state index in [1.807, 2.05) is 77.7 Å². The lowest BCUT2D eigenvalue weighted by molar-refractivity contribution is -0.126. The molecule has 0 bridgehead atoms. The number of carbonyl (C=O) groups is 1. The van der Waals surface area contributed by atoms with Crippen molar-refractivity contribution in [3.63, 3.8) is 0 Å². The second-order valence-corrected chi connectivity index (χ2v) is 12.3. The van der Waals surface area contributed by atoms with Gasteiger partial charge >= 0.3 is 0 Å². The van der Waals surface area contributed by atoms with Crippen LogP contribution in [-0.2, 0) is 10.3 Å². The summed E-state index contributed by atoms with van der Waals surface area (Å²) >= 11 is 9.68. The summed E-state index contributed by atoms with van der Waals surface area (Å²) in [5, 5.41) is 10.5. The minimum atomic E-state index is -0.758. The lowest BCUT2D eigenvalue weighted by atomic mass is 9.77. The van der Waals surface area contributed by atoms with Crippen LogP contribution in [0.5, 0.6) is 5.88 Å². The van der Waals surface area contributed by atoms with Crippen molar-refractivity contribution in [3.05, 3.63) is 123 Å². The van der Waals surface area contributed by atoms with Gasteiger partial charge in [0.05, 0.1) is 41.6 Å². The van der Waals surface area contributed by atoms with Gasteiger partial charge in [0.25, 0.3) is 0 Å². The molecule has 7 nitrogen and oxygen atoms in total. The first kappa shape index (κ1) is 27.4. The number of rotatable bonds is 4. The molecule has 0 N–H and O–H groups in total. The smallest absolute Gasteiger partial charge is 0.232 e. The molecule has 2 aliphatic rings. The van der Waals surface area contributed by atoms with Crippen LogP contribution in [0.1, 0.15) is 23.2 Å². The molecule has 216 valence electrons. The number of fused-ring (bicyclic) bond motifs is 6. The van der Waals surface area contributed by atoms with Crippen LogP contribution in [-0.4, -0.2) is 28.0 Å². The minimum absolute atomic E-state index is 0.00438. The van der Waals surface area contributed by atoms with Crippen LogP contribution in [0.15, 0.2) is 102 Å². The Hall–Kier alpha value is -5.10. The van der Waals surface area contributed by atoms with Crippen molar-refractivity contribution in [2.45, 2.75) is 12.0 Å². The number of nitriles is 1. The van der Waals surface area contributed by atoms with Crippen LogP contribution in [0.25, 0.3) is 44.7 Å². The Morgan fingerprint density at radius 1 is 0.889 bits per heavy atom. The van der Waals surface area contributed by atoms with Crippen LogP contribution in [0, 0.1) is 11.3 Å². The Balaban J connectivity index is 1.23. The number of halogens is 2. The number of hydrogen-bond acceptors (Lipinski definition) is 6. The zero-order chi connectivity index (χ0) is 30.9. The lowest BCUT2D eigenvalue weighted by Crippen LogP contribution is -2.61. The standard InChI is InChI=1S/C36H21BrClN5O2/c1-45-35-27(19-39)26(20-6-11-23(38)12-7-20)17-30(42-35)21-8-13-24(14-9-21)43-32(44)18-36(43)28-5-3-2-4-25(28)33-34(36)41-31-16-22(37)10-15-29(31)40-33/h2-17H,18H2,1H3. The van der Waals surface area contributed by atoms with E-state index in [9.17, 15) is 10.1 Å². The first-order valence-electron chi connectivity index (χ1n) is 14.2. The van der Waals surface area contributed by atoms with Crippen molar-refractivity contribution in [2.24, 2.45) is 0 Å². The van der Waals surface area contributed by atoms with E-state index in [0.29, 0.717) is 28.3 Å². The molecule has 1 unspecified atom stereocenters. The van der Waals surface area contributed by atoms with E-state index < -0.39 is 5.54 Å². The number of anilines is 1. The maximum absolute atomic E-state index is 13.5. The Bertz CT molecular complexity index is 2250. The van der Waals surface area contributed by atoms with Gasteiger partial charge < -0.3 is 4.74 Å². The molecule has 0 radical (unpaired) electrons. The largest absolute Gasteiger partial charge is 0.480 e. The van der Waals surface area contributed by atoms with Crippen LogP contribution in [0.4, 0.5) is 5.69 Å². The van der Waals surface area contributed by atoms with Crippen LogP contribution in [0.3, 0.4) is 0 Å². The fraction of sp³-hybridized carbons (Fsp3) is 0.0833. The van der Waals surface area contributed by atoms with E-state index in [2.05, 4.69) is 39.1 Å². The van der Waals surface area contributed by atoms with Crippen molar-refractivity contribution in [3.8, 4) is 45.6 Å². The average molecular weight is 671 g/mol. The predicted octanol–water partition coefficient (Wildman–Crippen LogP) is 8.32. The van der Waals surface area contributed by atoms with Gasteiger partial charge in [-0.05, 0) is 59.7 Å². The highest BCUT2D eigenvalue weighted by Gasteiger charge is 2.60. The van der Waals surface area contributed by atoms with Gasteiger partial charge in [0.2, 0.25) is 11.8 Å². The van der Waals surface area contributed by atoms with E-state index in [4.69, 9.17) is 26.3 Å². The van der Waals surface area contributed by atoms with Crippen molar-refractivity contribution in [2.75, 3.05) is 12.0 Å². The second kappa shape index (κ2) is 10.2. The molecular formula is C36H21BrClN5O2. The quantitative estimate of drug-likeness (QED) is 0.175. The van der Waals surface area contributed by atoms with Gasteiger partial charge in [-0.15, -0.1) is 0 Å². The summed E-state index contributed by atoms with van der Waals surface area (Å²) in [6, 6.07) is 33.1. The van der Waals surface area contributed by atoms with E-state index >= 15 is 0 Å². The molecule has 0 saturated carbocycles. The molecule has 6 aromatic rings. The highest BCUT2D eigenvalue weighted by Crippen LogP contribution is 2.57. The van der Waals surface area contributed by atoms with E-state index in [0.717, 1.165) is 54.8 Å². The number of carbonyl (C=O) groups excluding carboxylic acids is 1. The molecule has 8 rings (SSSR count). The fourth-order valence-corrected chi connectivity index (χ4v) is 6.99. The molecular weight excluding hydrogens is 650 g/mol. The normalized spacial score (nSPS) is 16.3. The maximum atomic E-state index is 13.5. The average Bonchev–Trinajstić information content (AvgIpc) is 3.34. The highest BCUT2D eigenvalue weighted by molar-refractivity contribution is 9.10. The van der Waals surface area contributed by atoms with E-state index in [-0.39, 0.29) is 11.8 Å². The number of nitrogens with zero attached hydrogens (tertiary/aromatic N) is 5.